The third-order valence-electron chi connectivity index (χ3n) is 3.49. The van der Waals surface area contributed by atoms with Crippen LogP contribution in [0.3, 0.4) is 0 Å². The zero-order chi connectivity index (χ0) is 14.1. The summed E-state index contributed by atoms with van der Waals surface area (Å²) in [5, 5.41) is 7.63. The van der Waals surface area contributed by atoms with Crippen LogP contribution in [0, 0.1) is 5.82 Å². The second-order valence-corrected chi connectivity index (χ2v) is 4.87. The fourth-order valence-corrected chi connectivity index (χ4v) is 2.61. The Morgan fingerprint density at radius 2 is 2.05 bits per heavy atom. The summed E-state index contributed by atoms with van der Waals surface area (Å²) in [6, 6.07) is 6.16. The number of Topliss-reactive ketones (excluding diaryl/α,β-unsaturated/α-hetero) is 1. The first kappa shape index (κ1) is 12.8. The van der Waals surface area contributed by atoms with Crippen molar-refractivity contribution in [1.29, 1.82) is 0 Å². The minimum absolute atomic E-state index is 0.135. The summed E-state index contributed by atoms with van der Waals surface area (Å²) in [4.78, 5) is 12.1. The average Bonchev–Trinajstić information content (AvgIpc) is 2.80. The molecule has 1 aliphatic carbocycles. The van der Waals surface area contributed by atoms with E-state index in [1.807, 2.05) is 6.92 Å². The predicted octanol–water partition coefficient (Wildman–Crippen LogP) is 2.96. The molecule has 0 fully saturated rings. The first-order chi connectivity index (χ1) is 9.70. The van der Waals surface area contributed by atoms with Crippen LogP contribution in [-0.2, 0) is 6.42 Å². The number of benzene rings is 1. The van der Waals surface area contributed by atoms with Crippen LogP contribution >= 0.6 is 0 Å². The number of rotatable bonds is 3. The summed E-state index contributed by atoms with van der Waals surface area (Å²) in [5.41, 5.74) is 2.40. The summed E-state index contributed by atoms with van der Waals surface area (Å²) in [6.45, 7) is 2.68. The van der Waals surface area contributed by atoms with Crippen molar-refractivity contribution in [2.75, 3.05) is 11.9 Å². The Morgan fingerprint density at radius 3 is 2.75 bits per heavy atom. The van der Waals surface area contributed by atoms with Crippen LogP contribution < -0.4 is 5.32 Å². The quantitative estimate of drug-likeness (QED) is 0.935. The maximum Gasteiger partial charge on any atom is 0.168 e. The first-order valence-corrected chi connectivity index (χ1v) is 6.85. The summed E-state index contributed by atoms with van der Waals surface area (Å²) in [5.74, 6) is 0.491. The summed E-state index contributed by atoms with van der Waals surface area (Å²) in [7, 11) is 0. The van der Waals surface area contributed by atoms with Gasteiger partial charge < -0.3 is 5.32 Å². The Hall–Kier alpha value is -2.17. The third-order valence-corrected chi connectivity index (χ3v) is 3.49. The van der Waals surface area contributed by atoms with Gasteiger partial charge in [-0.05, 0) is 44.0 Å². The van der Waals surface area contributed by atoms with Crippen molar-refractivity contribution >= 4 is 11.6 Å². The number of nitrogens with one attached hydrogen (secondary N) is 1. The molecule has 1 N–H and O–H groups in total. The molecule has 5 heteroatoms. The van der Waals surface area contributed by atoms with E-state index in [1.54, 1.807) is 16.8 Å². The van der Waals surface area contributed by atoms with E-state index >= 15 is 0 Å². The SMILES string of the molecule is CCNc1nn(-c2ccc(F)cc2)c2c1C(=O)CCC2. The van der Waals surface area contributed by atoms with Crippen LogP contribution in [0.5, 0.6) is 0 Å². The maximum atomic E-state index is 13.0. The smallest absolute Gasteiger partial charge is 0.168 e. The minimum Gasteiger partial charge on any atom is -0.368 e. The highest BCUT2D eigenvalue weighted by Crippen LogP contribution is 2.29. The first-order valence-electron chi connectivity index (χ1n) is 6.85. The minimum atomic E-state index is -0.280. The zero-order valence-corrected chi connectivity index (χ0v) is 11.3. The van der Waals surface area contributed by atoms with Crippen LogP contribution in [0.2, 0.25) is 0 Å². The average molecular weight is 273 g/mol. The Labute approximate surface area is 116 Å². The topological polar surface area (TPSA) is 46.9 Å². The second kappa shape index (κ2) is 5.07. The molecular weight excluding hydrogens is 257 g/mol. The summed E-state index contributed by atoms with van der Waals surface area (Å²) in [6.07, 6.45) is 2.22. The molecule has 0 radical (unpaired) electrons. The summed E-state index contributed by atoms with van der Waals surface area (Å²) >= 11 is 0. The number of halogens is 1. The molecule has 0 saturated heterocycles. The largest absolute Gasteiger partial charge is 0.368 e. The van der Waals surface area contributed by atoms with Crippen molar-refractivity contribution < 1.29 is 9.18 Å². The number of hydrogen-bond acceptors (Lipinski definition) is 3. The number of aromatic nitrogens is 2. The van der Waals surface area contributed by atoms with Crippen LogP contribution in [0.25, 0.3) is 5.69 Å². The van der Waals surface area contributed by atoms with Crippen molar-refractivity contribution in [2.24, 2.45) is 0 Å². The second-order valence-electron chi connectivity index (χ2n) is 4.87. The van der Waals surface area contributed by atoms with Gasteiger partial charge in [-0.3, -0.25) is 4.79 Å². The van der Waals surface area contributed by atoms with E-state index in [4.69, 9.17) is 0 Å². The molecule has 1 aromatic carbocycles. The molecule has 0 spiro atoms. The van der Waals surface area contributed by atoms with Gasteiger partial charge in [-0.2, -0.15) is 0 Å². The van der Waals surface area contributed by atoms with Gasteiger partial charge in [-0.25, -0.2) is 9.07 Å². The van der Waals surface area contributed by atoms with Gasteiger partial charge in [0.1, 0.15) is 5.82 Å². The monoisotopic (exact) mass is 273 g/mol. The van der Waals surface area contributed by atoms with Crippen molar-refractivity contribution in [2.45, 2.75) is 26.2 Å². The van der Waals surface area contributed by atoms with Gasteiger partial charge in [-0.1, -0.05) is 0 Å². The van der Waals surface area contributed by atoms with Crippen LogP contribution in [0.15, 0.2) is 24.3 Å². The lowest BCUT2D eigenvalue weighted by Crippen LogP contribution is -2.13. The molecule has 3 rings (SSSR count). The highest BCUT2D eigenvalue weighted by atomic mass is 19.1. The lowest BCUT2D eigenvalue weighted by atomic mass is 9.96. The number of carbonyl (C=O) groups excluding carboxylic acids is 1. The zero-order valence-electron chi connectivity index (χ0n) is 11.3. The van der Waals surface area contributed by atoms with Gasteiger partial charge in [-0.15, -0.1) is 5.10 Å². The molecule has 1 aliphatic rings. The van der Waals surface area contributed by atoms with E-state index in [-0.39, 0.29) is 11.6 Å². The van der Waals surface area contributed by atoms with Crippen molar-refractivity contribution in [3.63, 3.8) is 0 Å². The Balaban J connectivity index is 2.14. The molecule has 1 aromatic heterocycles. The molecule has 4 nitrogen and oxygen atoms in total. The fourth-order valence-electron chi connectivity index (χ4n) is 2.61. The molecule has 0 aliphatic heterocycles. The van der Waals surface area contributed by atoms with E-state index in [0.717, 1.165) is 24.2 Å². The Morgan fingerprint density at radius 1 is 1.30 bits per heavy atom. The highest BCUT2D eigenvalue weighted by Gasteiger charge is 2.27. The number of carbonyl (C=O) groups is 1. The normalized spacial score (nSPS) is 14.2. The van der Waals surface area contributed by atoms with E-state index < -0.39 is 0 Å². The number of ketones is 1. The lowest BCUT2D eigenvalue weighted by Gasteiger charge is -2.13. The number of fused-ring (bicyclic) bond motifs is 1. The molecular formula is C15H16FN3O. The van der Waals surface area contributed by atoms with Crippen LogP contribution in [0.4, 0.5) is 10.2 Å². The molecule has 2 aromatic rings. The van der Waals surface area contributed by atoms with Gasteiger partial charge in [0.25, 0.3) is 0 Å². The van der Waals surface area contributed by atoms with E-state index in [0.29, 0.717) is 24.3 Å². The molecule has 0 atom stereocenters. The van der Waals surface area contributed by atoms with E-state index in [9.17, 15) is 9.18 Å². The van der Waals surface area contributed by atoms with E-state index in [1.165, 1.54) is 12.1 Å². The molecule has 0 bridgehead atoms. The van der Waals surface area contributed by atoms with Gasteiger partial charge >= 0.3 is 0 Å². The highest BCUT2D eigenvalue weighted by molar-refractivity contribution is 6.02. The third kappa shape index (κ3) is 2.09. The number of nitrogens with zero attached hydrogens (tertiary/aromatic N) is 2. The maximum absolute atomic E-state index is 13.0. The summed E-state index contributed by atoms with van der Waals surface area (Å²) < 4.78 is 14.8. The number of hydrogen-bond donors (Lipinski definition) is 1. The van der Waals surface area contributed by atoms with Crippen molar-refractivity contribution in [3.8, 4) is 5.69 Å². The Bertz CT molecular complexity index is 646. The molecule has 1 heterocycles. The van der Waals surface area contributed by atoms with Crippen LogP contribution in [-0.4, -0.2) is 22.1 Å². The molecule has 20 heavy (non-hydrogen) atoms. The Kier molecular flexibility index (Phi) is 3.26. The van der Waals surface area contributed by atoms with Crippen LogP contribution in [0.1, 0.15) is 35.8 Å². The van der Waals surface area contributed by atoms with Crippen molar-refractivity contribution in [3.05, 3.63) is 41.3 Å². The fraction of sp³-hybridized carbons (Fsp3) is 0.333. The molecule has 0 amide bonds. The molecule has 0 saturated carbocycles. The van der Waals surface area contributed by atoms with Crippen molar-refractivity contribution in [1.82, 2.24) is 9.78 Å². The van der Waals surface area contributed by atoms with Gasteiger partial charge in [0.2, 0.25) is 0 Å². The lowest BCUT2D eigenvalue weighted by molar-refractivity contribution is 0.0973. The van der Waals surface area contributed by atoms with Gasteiger partial charge in [0.05, 0.1) is 16.9 Å². The molecule has 0 unspecified atom stereocenters. The van der Waals surface area contributed by atoms with Gasteiger partial charge in [0.15, 0.2) is 11.6 Å². The van der Waals surface area contributed by atoms with E-state index in [2.05, 4.69) is 10.4 Å². The number of anilines is 1. The standard InChI is InChI=1S/C15H16FN3O/c1-2-17-15-14-12(4-3-5-13(14)20)19(18-15)11-8-6-10(16)7-9-11/h6-9H,2-5H2,1H3,(H,17,18). The molecule has 104 valence electrons. The predicted molar refractivity (Wildman–Crippen MR) is 75.0 cm³/mol. The van der Waals surface area contributed by atoms with Gasteiger partial charge in [0, 0.05) is 13.0 Å².